The smallest absolute Gasteiger partial charge is 0.0599 e. The summed E-state index contributed by atoms with van der Waals surface area (Å²) >= 11 is 8.18. The summed E-state index contributed by atoms with van der Waals surface area (Å²) in [7, 11) is 0. The van der Waals surface area contributed by atoms with Crippen molar-refractivity contribution in [3.05, 3.63) is 56.2 Å². The monoisotopic (exact) mass is 293 g/mol. The SMILES string of the molecule is CCCNC(c1ccsc1)c1cc(C)c(C)cc1Cl. The first kappa shape index (κ1) is 14.6. The minimum atomic E-state index is 0.193. The molecular weight excluding hydrogens is 274 g/mol. The largest absolute Gasteiger partial charge is 0.306 e. The summed E-state index contributed by atoms with van der Waals surface area (Å²) in [5.74, 6) is 0. The Labute approximate surface area is 124 Å². The molecule has 2 rings (SSSR count). The minimum absolute atomic E-state index is 0.193. The lowest BCUT2D eigenvalue weighted by molar-refractivity contribution is 0.600. The molecule has 1 aromatic heterocycles. The molecule has 1 N–H and O–H groups in total. The lowest BCUT2D eigenvalue weighted by Gasteiger charge is -2.20. The van der Waals surface area contributed by atoms with Gasteiger partial charge in [-0.25, -0.2) is 0 Å². The van der Waals surface area contributed by atoms with E-state index in [1.54, 1.807) is 11.3 Å². The molecule has 0 fully saturated rings. The van der Waals surface area contributed by atoms with E-state index in [4.69, 9.17) is 11.6 Å². The summed E-state index contributed by atoms with van der Waals surface area (Å²) in [5, 5.41) is 8.76. The molecule has 3 heteroatoms. The van der Waals surface area contributed by atoms with E-state index in [0.717, 1.165) is 18.0 Å². The van der Waals surface area contributed by atoms with Crippen molar-refractivity contribution in [2.24, 2.45) is 0 Å². The van der Waals surface area contributed by atoms with E-state index >= 15 is 0 Å². The van der Waals surface area contributed by atoms with Crippen LogP contribution in [-0.4, -0.2) is 6.54 Å². The number of halogens is 1. The maximum Gasteiger partial charge on any atom is 0.0599 e. The topological polar surface area (TPSA) is 12.0 Å². The Balaban J connectivity index is 2.40. The van der Waals surface area contributed by atoms with Gasteiger partial charge in [-0.1, -0.05) is 24.6 Å². The second-order valence-corrected chi connectivity index (χ2v) is 6.09. The molecule has 1 heterocycles. The van der Waals surface area contributed by atoms with Crippen molar-refractivity contribution in [3.8, 4) is 0 Å². The van der Waals surface area contributed by atoms with Gasteiger partial charge in [0.05, 0.1) is 6.04 Å². The van der Waals surface area contributed by atoms with Crippen LogP contribution in [0.2, 0.25) is 5.02 Å². The number of aryl methyl sites for hydroxylation is 2. The fourth-order valence-corrected chi connectivity index (χ4v) is 3.17. The second kappa shape index (κ2) is 6.56. The average molecular weight is 294 g/mol. The van der Waals surface area contributed by atoms with Gasteiger partial charge in [0.25, 0.3) is 0 Å². The van der Waals surface area contributed by atoms with Crippen molar-refractivity contribution in [1.82, 2.24) is 5.32 Å². The van der Waals surface area contributed by atoms with Crippen molar-refractivity contribution in [2.45, 2.75) is 33.2 Å². The summed E-state index contributed by atoms with van der Waals surface area (Å²) in [6.07, 6.45) is 1.11. The van der Waals surface area contributed by atoms with Crippen LogP contribution >= 0.6 is 22.9 Å². The summed E-state index contributed by atoms with van der Waals surface area (Å²) in [6, 6.07) is 6.64. The number of hydrogen-bond acceptors (Lipinski definition) is 2. The van der Waals surface area contributed by atoms with Crippen molar-refractivity contribution < 1.29 is 0 Å². The van der Waals surface area contributed by atoms with Gasteiger partial charge in [-0.05, 0) is 72.0 Å². The van der Waals surface area contributed by atoms with Crippen LogP contribution in [0.5, 0.6) is 0 Å². The van der Waals surface area contributed by atoms with Crippen LogP contribution < -0.4 is 5.32 Å². The van der Waals surface area contributed by atoms with E-state index in [9.17, 15) is 0 Å². The zero-order valence-corrected chi connectivity index (χ0v) is 13.2. The lowest BCUT2D eigenvalue weighted by atomic mass is 9.97. The third-order valence-electron chi connectivity index (χ3n) is 3.40. The molecule has 0 spiro atoms. The summed E-state index contributed by atoms with van der Waals surface area (Å²) < 4.78 is 0. The van der Waals surface area contributed by atoms with E-state index in [-0.39, 0.29) is 6.04 Å². The van der Waals surface area contributed by atoms with Gasteiger partial charge in [-0.3, -0.25) is 0 Å². The highest BCUT2D eigenvalue weighted by Gasteiger charge is 2.17. The Morgan fingerprint density at radius 1 is 1.26 bits per heavy atom. The van der Waals surface area contributed by atoms with E-state index in [2.05, 4.69) is 55.0 Å². The Bertz CT molecular complexity index is 534. The highest BCUT2D eigenvalue weighted by molar-refractivity contribution is 7.08. The molecule has 0 radical (unpaired) electrons. The molecule has 0 bridgehead atoms. The predicted molar refractivity (Wildman–Crippen MR) is 85.4 cm³/mol. The van der Waals surface area contributed by atoms with Gasteiger partial charge in [0, 0.05) is 5.02 Å². The maximum absolute atomic E-state index is 6.46. The van der Waals surface area contributed by atoms with Crippen LogP contribution in [0.3, 0.4) is 0 Å². The quantitative estimate of drug-likeness (QED) is 0.808. The van der Waals surface area contributed by atoms with E-state index < -0.39 is 0 Å². The molecule has 0 amide bonds. The fraction of sp³-hybridized carbons (Fsp3) is 0.375. The number of nitrogens with one attached hydrogen (secondary N) is 1. The molecule has 19 heavy (non-hydrogen) atoms. The molecule has 0 saturated heterocycles. The first-order chi connectivity index (χ1) is 9.13. The number of hydrogen-bond donors (Lipinski definition) is 1. The maximum atomic E-state index is 6.46. The Morgan fingerprint density at radius 2 is 2.00 bits per heavy atom. The molecule has 0 aliphatic heterocycles. The Morgan fingerprint density at radius 3 is 2.63 bits per heavy atom. The summed E-state index contributed by atoms with van der Waals surface area (Å²) in [6.45, 7) is 7.41. The Kier molecular flexibility index (Phi) is 5.03. The summed E-state index contributed by atoms with van der Waals surface area (Å²) in [5.41, 5.74) is 5.01. The van der Waals surface area contributed by atoms with Crippen LogP contribution in [0.15, 0.2) is 29.0 Å². The Hall–Kier alpha value is -0.830. The fourth-order valence-electron chi connectivity index (χ4n) is 2.16. The zero-order valence-electron chi connectivity index (χ0n) is 11.7. The molecule has 1 atom stereocenters. The average Bonchev–Trinajstić information content (AvgIpc) is 2.89. The molecule has 1 unspecified atom stereocenters. The molecular formula is C16H20ClNS. The van der Waals surface area contributed by atoms with Crippen molar-refractivity contribution in [3.63, 3.8) is 0 Å². The van der Waals surface area contributed by atoms with Crippen LogP contribution in [0.1, 0.15) is 41.6 Å². The van der Waals surface area contributed by atoms with E-state index in [1.165, 1.54) is 22.3 Å². The van der Waals surface area contributed by atoms with Gasteiger partial charge < -0.3 is 5.32 Å². The van der Waals surface area contributed by atoms with Crippen LogP contribution in [-0.2, 0) is 0 Å². The van der Waals surface area contributed by atoms with Crippen LogP contribution in [0.25, 0.3) is 0 Å². The standard InChI is InChI=1S/C16H20ClNS/c1-4-6-18-16(13-5-7-19-10-13)14-8-11(2)12(3)9-15(14)17/h5,7-10,16,18H,4,6H2,1-3H3. The normalized spacial score (nSPS) is 12.6. The second-order valence-electron chi connectivity index (χ2n) is 4.90. The molecule has 1 nitrogen and oxygen atoms in total. The van der Waals surface area contributed by atoms with Gasteiger partial charge in [-0.2, -0.15) is 11.3 Å². The van der Waals surface area contributed by atoms with Gasteiger partial charge >= 0.3 is 0 Å². The third kappa shape index (κ3) is 3.38. The predicted octanol–water partition coefficient (Wildman–Crippen LogP) is 5.11. The van der Waals surface area contributed by atoms with Crippen LogP contribution in [0, 0.1) is 13.8 Å². The van der Waals surface area contributed by atoms with Gasteiger partial charge in [-0.15, -0.1) is 0 Å². The first-order valence-corrected chi connectivity index (χ1v) is 7.97. The highest BCUT2D eigenvalue weighted by Crippen LogP contribution is 2.31. The first-order valence-electron chi connectivity index (χ1n) is 6.65. The highest BCUT2D eigenvalue weighted by atomic mass is 35.5. The lowest BCUT2D eigenvalue weighted by Crippen LogP contribution is -2.23. The number of benzene rings is 1. The molecule has 102 valence electrons. The van der Waals surface area contributed by atoms with Crippen molar-refractivity contribution >= 4 is 22.9 Å². The minimum Gasteiger partial charge on any atom is -0.306 e. The molecule has 1 aromatic carbocycles. The van der Waals surface area contributed by atoms with E-state index in [1.807, 2.05) is 0 Å². The number of thiophene rings is 1. The van der Waals surface area contributed by atoms with Crippen molar-refractivity contribution in [1.29, 1.82) is 0 Å². The van der Waals surface area contributed by atoms with Gasteiger partial charge in [0.15, 0.2) is 0 Å². The molecule has 2 aromatic rings. The van der Waals surface area contributed by atoms with Crippen LogP contribution in [0.4, 0.5) is 0 Å². The molecule has 0 aliphatic rings. The number of rotatable bonds is 5. The summed E-state index contributed by atoms with van der Waals surface area (Å²) in [4.78, 5) is 0. The van der Waals surface area contributed by atoms with Crippen molar-refractivity contribution in [2.75, 3.05) is 6.54 Å². The molecule has 0 aliphatic carbocycles. The van der Waals surface area contributed by atoms with Gasteiger partial charge in [0.1, 0.15) is 0 Å². The van der Waals surface area contributed by atoms with E-state index in [0.29, 0.717) is 0 Å². The zero-order chi connectivity index (χ0) is 13.8. The van der Waals surface area contributed by atoms with Gasteiger partial charge in [0.2, 0.25) is 0 Å². The third-order valence-corrected chi connectivity index (χ3v) is 4.43. The molecule has 0 saturated carbocycles.